The number of nitrogens with zero attached hydrogens (tertiary/aromatic N) is 5. The molecule has 2 N–H and O–H groups in total. The molecule has 4 rings (SSSR count). The molecule has 0 aliphatic heterocycles. The second-order valence-corrected chi connectivity index (χ2v) is 6.46. The summed E-state index contributed by atoms with van der Waals surface area (Å²) in [5, 5.41) is 26.8. The summed E-state index contributed by atoms with van der Waals surface area (Å²) in [7, 11) is 0. The molecule has 130 valence electrons. The van der Waals surface area contributed by atoms with Crippen molar-refractivity contribution in [1.29, 1.82) is 5.26 Å². The van der Waals surface area contributed by atoms with Gasteiger partial charge in [-0.2, -0.15) is 15.0 Å². The number of hydrogen-bond donors (Lipinski definition) is 2. The van der Waals surface area contributed by atoms with Gasteiger partial charge in [0.15, 0.2) is 11.5 Å². The average Bonchev–Trinajstić information content (AvgIpc) is 3.30. The van der Waals surface area contributed by atoms with Crippen LogP contribution in [-0.2, 0) is 0 Å². The molecule has 1 aliphatic rings. The summed E-state index contributed by atoms with van der Waals surface area (Å²) < 4.78 is 1.54. The summed E-state index contributed by atoms with van der Waals surface area (Å²) in [6.45, 7) is 2.08. The highest BCUT2D eigenvalue weighted by molar-refractivity contribution is 5.94. The van der Waals surface area contributed by atoms with Crippen LogP contribution in [0, 0.1) is 11.3 Å². The first-order valence-electron chi connectivity index (χ1n) is 8.31. The minimum atomic E-state index is -1.03. The normalized spacial score (nSPS) is 14.8. The molecule has 8 heteroatoms. The van der Waals surface area contributed by atoms with Crippen LogP contribution in [-0.4, -0.2) is 36.4 Å². The lowest BCUT2D eigenvalue weighted by molar-refractivity contribution is 0.0697. The lowest BCUT2D eigenvalue weighted by atomic mass is 10.1. The van der Waals surface area contributed by atoms with Gasteiger partial charge in [-0.25, -0.2) is 14.8 Å². The summed E-state index contributed by atoms with van der Waals surface area (Å²) in [5.74, 6) is -0.558. The second kappa shape index (κ2) is 5.81. The van der Waals surface area contributed by atoms with Crippen LogP contribution in [0.25, 0.3) is 16.9 Å². The molecule has 8 nitrogen and oxygen atoms in total. The Hall–Kier alpha value is -3.47. The molecule has 0 spiro atoms. The molecular weight excluding hydrogens is 332 g/mol. The summed E-state index contributed by atoms with van der Waals surface area (Å²) in [6, 6.07) is 5.43. The molecule has 0 atom stereocenters. The van der Waals surface area contributed by atoms with E-state index < -0.39 is 5.97 Å². The van der Waals surface area contributed by atoms with E-state index in [4.69, 9.17) is 5.26 Å². The van der Waals surface area contributed by atoms with Crippen LogP contribution in [0.1, 0.15) is 42.1 Å². The Bertz CT molecular complexity index is 1060. The number of aromatic nitrogens is 4. The van der Waals surface area contributed by atoms with Crippen LogP contribution in [0.3, 0.4) is 0 Å². The highest BCUT2D eigenvalue weighted by atomic mass is 16.4. The predicted octanol–water partition coefficient (Wildman–Crippen LogP) is 2.74. The van der Waals surface area contributed by atoms with Gasteiger partial charge in [-0.05, 0) is 25.3 Å². The van der Waals surface area contributed by atoms with Crippen molar-refractivity contribution in [1.82, 2.24) is 19.7 Å². The van der Waals surface area contributed by atoms with Crippen LogP contribution < -0.4 is 5.32 Å². The van der Waals surface area contributed by atoms with Gasteiger partial charge in [0.1, 0.15) is 11.6 Å². The SMILES string of the molecule is CCC1(Nc2cc(-n3ncc4cc(C#N)cnc43)ncc2C(=O)O)CC1. The van der Waals surface area contributed by atoms with E-state index >= 15 is 0 Å². The molecular formula is C18H16N6O2. The Morgan fingerprint density at radius 1 is 1.35 bits per heavy atom. The first-order chi connectivity index (χ1) is 12.5. The third-order valence-electron chi connectivity index (χ3n) is 4.80. The van der Waals surface area contributed by atoms with Crippen LogP contribution in [0.15, 0.2) is 30.7 Å². The molecule has 26 heavy (non-hydrogen) atoms. The Morgan fingerprint density at radius 2 is 2.15 bits per heavy atom. The number of carboxylic acid groups (broad SMARTS) is 1. The molecule has 0 amide bonds. The molecule has 3 aromatic rings. The summed E-state index contributed by atoms with van der Waals surface area (Å²) in [6.07, 6.45) is 7.38. The number of carboxylic acids is 1. The zero-order chi connectivity index (χ0) is 18.3. The summed E-state index contributed by atoms with van der Waals surface area (Å²) >= 11 is 0. The van der Waals surface area contributed by atoms with Gasteiger partial charge in [0.25, 0.3) is 0 Å². The highest BCUT2D eigenvalue weighted by Crippen LogP contribution is 2.42. The van der Waals surface area contributed by atoms with E-state index in [1.165, 1.54) is 12.4 Å². The van der Waals surface area contributed by atoms with Crippen molar-refractivity contribution in [2.45, 2.75) is 31.7 Å². The second-order valence-electron chi connectivity index (χ2n) is 6.46. The van der Waals surface area contributed by atoms with Gasteiger partial charge in [-0.3, -0.25) is 0 Å². The van der Waals surface area contributed by atoms with E-state index in [1.807, 2.05) is 6.07 Å². The van der Waals surface area contributed by atoms with E-state index in [0.29, 0.717) is 22.7 Å². The minimum Gasteiger partial charge on any atom is -0.478 e. The maximum Gasteiger partial charge on any atom is 0.339 e. The fourth-order valence-electron chi connectivity index (χ4n) is 2.99. The van der Waals surface area contributed by atoms with Crippen LogP contribution in [0.4, 0.5) is 5.69 Å². The largest absolute Gasteiger partial charge is 0.478 e. The summed E-state index contributed by atoms with van der Waals surface area (Å²) in [5.41, 5.74) is 1.63. The zero-order valence-electron chi connectivity index (χ0n) is 14.1. The fraction of sp³-hybridized carbons (Fsp3) is 0.278. The Labute approximate surface area is 149 Å². The smallest absolute Gasteiger partial charge is 0.339 e. The Kier molecular flexibility index (Phi) is 3.58. The van der Waals surface area contributed by atoms with Gasteiger partial charge >= 0.3 is 5.97 Å². The van der Waals surface area contributed by atoms with Crippen LogP contribution >= 0.6 is 0 Å². The number of rotatable bonds is 5. The quantitative estimate of drug-likeness (QED) is 0.728. The van der Waals surface area contributed by atoms with Gasteiger partial charge in [0.05, 0.1) is 17.4 Å². The first-order valence-corrected chi connectivity index (χ1v) is 8.31. The maximum atomic E-state index is 11.6. The van der Waals surface area contributed by atoms with Crippen LogP contribution in [0.5, 0.6) is 0 Å². The Balaban J connectivity index is 1.80. The average molecular weight is 348 g/mol. The van der Waals surface area contributed by atoms with Crippen molar-refractivity contribution >= 4 is 22.7 Å². The number of anilines is 1. The van der Waals surface area contributed by atoms with E-state index in [9.17, 15) is 9.90 Å². The highest BCUT2D eigenvalue weighted by Gasteiger charge is 2.41. The van der Waals surface area contributed by atoms with E-state index in [2.05, 4.69) is 27.3 Å². The molecule has 0 bridgehead atoms. The number of nitriles is 1. The molecule has 1 saturated carbocycles. The van der Waals surface area contributed by atoms with E-state index in [0.717, 1.165) is 24.6 Å². The molecule has 0 radical (unpaired) electrons. The third-order valence-corrected chi connectivity index (χ3v) is 4.80. The monoisotopic (exact) mass is 348 g/mol. The zero-order valence-corrected chi connectivity index (χ0v) is 14.1. The number of aromatic carboxylic acids is 1. The fourth-order valence-corrected chi connectivity index (χ4v) is 2.99. The topological polar surface area (TPSA) is 117 Å². The third kappa shape index (κ3) is 2.63. The standard InChI is InChI=1S/C18H16N6O2/c1-2-18(3-4-18)23-14-6-15(20-10-13(14)17(25)26)24-16-12(9-22-24)5-11(7-19)8-21-16/h5-6,8-10H,2-4H2,1H3,(H,20,23)(H,25,26). The lowest BCUT2D eigenvalue weighted by Gasteiger charge is -2.18. The van der Waals surface area contributed by atoms with Crippen molar-refractivity contribution in [3.05, 3.63) is 41.9 Å². The van der Waals surface area contributed by atoms with E-state index in [1.54, 1.807) is 23.0 Å². The number of nitrogens with one attached hydrogen (secondary N) is 1. The number of hydrogen-bond acceptors (Lipinski definition) is 6. The molecule has 3 heterocycles. The van der Waals surface area contributed by atoms with Gasteiger partial charge in [0.2, 0.25) is 0 Å². The van der Waals surface area contributed by atoms with Gasteiger partial charge < -0.3 is 10.4 Å². The van der Waals surface area contributed by atoms with E-state index in [-0.39, 0.29) is 11.1 Å². The maximum absolute atomic E-state index is 11.6. The van der Waals surface area contributed by atoms with Crippen molar-refractivity contribution in [3.8, 4) is 11.9 Å². The van der Waals surface area contributed by atoms with Crippen molar-refractivity contribution in [2.24, 2.45) is 0 Å². The first kappa shape index (κ1) is 16.0. The number of pyridine rings is 2. The molecule has 1 aliphatic carbocycles. The molecule has 0 unspecified atom stereocenters. The molecule has 0 aromatic carbocycles. The number of carbonyl (C=O) groups is 1. The Morgan fingerprint density at radius 3 is 2.81 bits per heavy atom. The van der Waals surface area contributed by atoms with Gasteiger partial charge in [-0.15, -0.1) is 0 Å². The van der Waals surface area contributed by atoms with Crippen molar-refractivity contribution < 1.29 is 9.90 Å². The molecule has 3 aromatic heterocycles. The van der Waals surface area contributed by atoms with Crippen molar-refractivity contribution in [3.63, 3.8) is 0 Å². The molecule has 0 saturated heterocycles. The van der Waals surface area contributed by atoms with Gasteiger partial charge in [0, 0.05) is 29.4 Å². The minimum absolute atomic E-state index is 0.0328. The van der Waals surface area contributed by atoms with Crippen LogP contribution in [0.2, 0.25) is 0 Å². The van der Waals surface area contributed by atoms with Gasteiger partial charge in [-0.1, -0.05) is 6.92 Å². The number of fused-ring (bicyclic) bond motifs is 1. The predicted molar refractivity (Wildman–Crippen MR) is 94.2 cm³/mol. The lowest BCUT2D eigenvalue weighted by Crippen LogP contribution is -2.22. The summed E-state index contributed by atoms with van der Waals surface area (Å²) in [4.78, 5) is 20.1. The van der Waals surface area contributed by atoms with Crippen molar-refractivity contribution in [2.75, 3.05) is 5.32 Å². The molecule has 1 fully saturated rings.